The van der Waals surface area contributed by atoms with Crippen molar-refractivity contribution in [1.82, 2.24) is 14.8 Å². The Balaban J connectivity index is 1.88. The number of hydrogen-bond acceptors (Lipinski definition) is 6. The Hall–Kier alpha value is -2.51. The molecule has 0 saturated carbocycles. The van der Waals surface area contributed by atoms with Crippen LogP contribution in [0.25, 0.3) is 5.00 Å². The first kappa shape index (κ1) is 13.1. The molecule has 0 unspecified atom stereocenters. The molecule has 6 nitrogen and oxygen atoms in total. The summed E-state index contributed by atoms with van der Waals surface area (Å²) in [7, 11) is 0. The maximum atomic E-state index is 13.3. The minimum absolute atomic E-state index is 0.225. The summed E-state index contributed by atoms with van der Waals surface area (Å²) in [6, 6.07) is 5.76. The molecule has 0 N–H and O–H groups in total. The number of nitrogens with zero attached hydrogens (tertiary/aromatic N) is 4. The van der Waals surface area contributed by atoms with E-state index in [1.54, 1.807) is 35.8 Å². The molecule has 0 saturated heterocycles. The maximum Gasteiger partial charge on any atom is 0.308 e. The molecule has 4 rings (SSSR count). The molecule has 0 spiro atoms. The number of carbonyl (C=O) groups excluding carboxylic acids is 1. The van der Waals surface area contributed by atoms with Crippen molar-refractivity contribution in [1.29, 1.82) is 0 Å². The van der Waals surface area contributed by atoms with Gasteiger partial charge in [-0.25, -0.2) is 0 Å². The number of hydrogen-bond donors (Lipinski definition) is 0. The zero-order valence-electron chi connectivity index (χ0n) is 26.0. The Morgan fingerprint density at radius 3 is 2.61 bits per heavy atom. The van der Waals surface area contributed by atoms with Crippen LogP contribution in [0, 0.1) is 20.8 Å². The van der Waals surface area contributed by atoms with Crippen LogP contribution in [0.5, 0.6) is 0 Å². The van der Waals surface area contributed by atoms with E-state index in [-0.39, 0.29) is 5.82 Å². The topological polar surface area (TPSA) is 69.4 Å². The summed E-state index contributed by atoms with van der Waals surface area (Å²) in [6.45, 7) is -5.49. The SMILES string of the molecule is [2H]C([2H])([2H])C(OC(=O)C[C@@H]1N=C(c2ccc(Cl)cc2)c2c(sc(C)c2C)-n2c(C)nnc21)(C([2H])([2H])[2H])C([2H])([2H])[2H]. The normalized spacial score (nSPS) is 21.2. The van der Waals surface area contributed by atoms with Crippen molar-refractivity contribution in [2.45, 2.75) is 59.4 Å². The largest absolute Gasteiger partial charge is 0.460 e. The number of esters is 1. The van der Waals surface area contributed by atoms with Gasteiger partial charge in [-0.05, 0) is 59.0 Å². The van der Waals surface area contributed by atoms with Crippen LogP contribution in [0.4, 0.5) is 0 Å². The van der Waals surface area contributed by atoms with Gasteiger partial charge in [0.05, 0.1) is 12.1 Å². The van der Waals surface area contributed by atoms with Gasteiger partial charge in [0.1, 0.15) is 22.5 Å². The monoisotopic (exact) mass is 465 g/mol. The number of carbonyl (C=O) groups is 1. The molecule has 3 aromatic rings. The molecule has 1 aromatic carbocycles. The number of aliphatic imine (C=N–C) groups is 1. The molecule has 1 aliphatic rings. The molecule has 0 amide bonds. The molecule has 0 fully saturated rings. The zero-order chi connectivity index (χ0) is 30.0. The summed E-state index contributed by atoms with van der Waals surface area (Å²) in [4.78, 5) is 19.2. The van der Waals surface area contributed by atoms with Crippen LogP contribution in [0.3, 0.4) is 0 Å². The van der Waals surface area contributed by atoms with Crippen LogP contribution in [-0.2, 0) is 9.53 Å². The third-order valence-corrected chi connectivity index (χ3v) is 6.43. The fraction of sp³-hybridized carbons (Fsp3) is 0.391. The molecule has 3 heterocycles. The summed E-state index contributed by atoms with van der Waals surface area (Å²) >= 11 is 7.58. The Morgan fingerprint density at radius 2 is 1.94 bits per heavy atom. The van der Waals surface area contributed by atoms with Crippen molar-refractivity contribution < 1.29 is 21.9 Å². The maximum absolute atomic E-state index is 13.3. The third-order valence-electron chi connectivity index (χ3n) is 4.98. The lowest BCUT2D eigenvalue weighted by molar-refractivity contribution is -0.155. The molecule has 8 heteroatoms. The second-order valence-electron chi connectivity index (χ2n) is 7.26. The van der Waals surface area contributed by atoms with Gasteiger partial charge in [-0.2, -0.15) is 0 Å². The van der Waals surface area contributed by atoms with Crippen LogP contribution in [-0.4, -0.2) is 32.0 Å². The highest BCUT2D eigenvalue weighted by Gasteiger charge is 2.33. The summed E-state index contributed by atoms with van der Waals surface area (Å²) in [5.74, 6) is -0.661. The number of thiophene rings is 1. The van der Waals surface area contributed by atoms with E-state index < -0.39 is 44.6 Å². The Bertz CT molecular complexity index is 1450. The number of aryl methyl sites for hydroxylation is 2. The first-order chi connectivity index (χ1) is 18.3. The fourth-order valence-corrected chi connectivity index (χ4v) is 4.84. The Kier molecular flexibility index (Phi) is 3.34. The van der Waals surface area contributed by atoms with Crippen molar-refractivity contribution in [2.75, 3.05) is 0 Å². The number of fused-ring (bicyclic) bond motifs is 3. The summed E-state index contributed by atoms with van der Waals surface area (Å²) < 4.78 is 76.6. The van der Waals surface area contributed by atoms with Gasteiger partial charge >= 0.3 is 5.97 Å². The van der Waals surface area contributed by atoms with E-state index >= 15 is 0 Å². The summed E-state index contributed by atoms with van der Waals surface area (Å²) in [5.41, 5.74) is -0.894. The predicted molar refractivity (Wildman–Crippen MR) is 124 cm³/mol. The molecule has 1 aliphatic heterocycles. The average molecular weight is 466 g/mol. The van der Waals surface area contributed by atoms with Gasteiger partial charge in [-0.3, -0.25) is 14.4 Å². The minimum Gasteiger partial charge on any atom is -0.460 e. The standard InChI is InChI=1S/C23H25ClN4O2S/c1-12-13(2)31-22-19(12)20(15-7-9-16(24)10-8-15)25-17(11-18(29)30-23(4,5)6)21-27-26-14(3)28(21)22/h7-10,17H,11H2,1-6H3/t17-/m0/s1/i4D3,5D3,6D3. The molecule has 0 bridgehead atoms. The van der Waals surface area contributed by atoms with Crippen LogP contribution < -0.4 is 0 Å². The lowest BCUT2D eigenvalue weighted by Crippen LogP contribution is -2.25. The highest BCUT2D eigenvalue weighted by atomic mass is 35.5. The fourth-order valence-electron chi connectivity index (χ4n) is 3.50. The second kappa shape index (κ2) is 7.88. The molecular weight excluding hydrogens is 432 g/mol. The Morgan fingerprint density at radius 1 is 1.23 bits per heavy atom. The number of aromatic nitrogens is 3. The van der Waals surface area contributed by atoms with Gasteiger partial charge in [0.25, 0.3) is 0 Å². The van der Waals surface area contributed by atoms with E-state index in [0.717, 1.165) is 21.0 Å². The molecule has 2 aromatic heterocycles. The van der Waals surface area contributed by atoms with Crippen LogP contribution in [0.2, 0.25) is 5.02 Å². The zero-order valence-corrected chi connectivity index (χ0v) is 18.6. The van der Waals surface area contributed by atoms with Gasteiger partial charge < -0.3 is 4.74 Å². The quantitative estimate of drug-likeness (QED) is 0.477. The summed E-state index contributed by atoms with van der Waals surface area (Å²) in [6.07, 6.45) is -0.702. The van der Waals surface area contributed by atoms with Crippen molar-refractivity contribution >= 4 is 34.6 Å². The van der Waals surface area contributed by atoms with Crippen LogP contribution in [0.15, 0.2) is 29.3 Å². The molecule has 0 radical (unpaired) electrons. The summed E-state index contributed by atoms with van der Waals surface area (Å²) in [5, 5.41) is 9.62. The molecule has 162 valence electrons. The van der Waals surface area contributed by atoms with Crippen LogP contribution >= 0.6 is 22.9 Å². The molecule has 1 atom stereocenters. The van der Waals surface area contributed by atoms with E-state index in [1.165, 1.54) is 11.3 Å². The minimum atomic E-state index is -3.76. The number of ether oxygens (including phenoxy) is 1. The second-order valence-corrected chi connectivity index (χ2v) is 8.90. The van der Waals surface area contributed by atoms with E-state index in [4.69, 9.17) is 33.7 Å². The lowest BCUT2D eigenvalue weighted by Gasteiger charge is -2.21. The molecule has 31 heavy (non-hydrogen) atoms. The van der Waals surface area contributed by atoms with E-state index in [2.05, 4.69) is 10.2 Å². The van der Waals surface area contributed by atoms with E-state index in [0.29, 0.717) is 22.1 Å². The van der Waals surface area contributed by atoms with Crippen molar-refractivity contribution in [3.8, 4) is 5.00 Å². The lowest BCUT2D eigenvalue weighted by atomic mass is 9.99. The highest BCUT2D eigenvalue weighted by Crippen LogP contribution is 2.39. The predicted octanol–water partition coefficient (Wildman–Crippen LogP) is 5.53. The number of benzene rings is 1. The van der Waals surface area contributed by atoms with E-state index in [9.17, 15) is 4.79 Å². The molecular formula is C23H25ClN4O2S. The third kappa shape index (κ3) is 4.16. The highest BCUT2D eigenvalue weighted by molar-refractivity contribution is 7.15. The molecule has 0 aliphatic carbocycles. The van der Waals surface area contributed by atoms with E-state index in [1.807, 2.05) is 13.8 Å². The van der Waals surface area contributed by atoms with Gasteiger partial charge in [0, 0.05) is 33.4 Å². The number of rotatable bonds is 3. The van der Waals surface area contributed by atoms with Crippen LogP contribution in [0.1, 0.15) is 78.6 Å². The van der Waals surface area contributed by atoms with Gasteiger partial charge in [0.2, 0.25) is 0 Å². The van der Waals surface area contributed by atoms with Crippen molar-refractivity contribution in [3.05, 3.63) is 62.5 Å². The smallest absolute Gasteiger partial charge is 0.308 e. The van der Waals surface area contributed by atoms with Gasteiger partial charge in [0.15, 0.2) is 5.82 Å². The first-order valence-corrected chi connectivity index (χ1v) is 10.6. The first-order valence-electron chi connectivity index (χ1n) is 13.9. The van der Waals surface area contributed by atoms with Crippen molar-refractivity contribution in [3.63, 3.8) is 0 Å². The average Bonchev–Trinajstić information content (AvgIpc) is 3.28. The van der Waals surface area contributed by atoms with Gasteiger partial charge in [-0.1, -0.05) is 23.7 Å². The van der Waals surface area contributed by atoms with Gasteiger partial charge in [-0.15, -0.1) is 21.5 Å². The number of halogens is 1. The van der Waals surface area contributed by atoms with Crippen molar-refractivity contribution in [2.24, 2.45) is 4.99 Å². The Labute approximate surface area is 203 Å².